The number of hydrogen-bond acceptors (Lipinski definition) is 5. The number of aryl methyl sites for hydroxylation is 2. The number of hydrogen-bond donors (Lipinski definition) is 1. The second kappa shape index (κ2) is 9.85. The normalized spacial score (nSPS) is 9.85. The number of carbonyl (C=O) groups is 1. The number of rotatable bonds is 4. The highest BCUT2D eigenvalue weighted by molar-refractivity contribution is 6.33. The Balaban J connectivity index is 0.000000527. The fraction of sp³-hybridized carbons (Fsp3) is 0.250. The third-order valence-corrected chi connectivity index (χ3v) is 4.38. The molecular weight excluding hydrogens is 366 g/mol. The monoisotopic (exact) mass is 389 g/mol. The van der Waals surface area contributed by atoms with Crippen LogP contribution in [0.4, 0.5) is 5.69 Å². The van der Waals surface area contributed by atoms with E-state index in [1.54, 1.807) is 23.8 Å². The van der Waals surface area contributed by atoms with E-state index in [2.05, 4.69) is 23.0 Å². The number of esters is 1. The Hall–Kier alpha value is -2.70. The summed E-state index contributed by atoms with van der Waals surface area (Å²) in [7, 11) is 3.02. The van der Waals surface area contributed by atoms with Gasteiger partial charge in [-0.1, -0.05) is 36.4 Å². The molecule has 0 saturated carbocycles. The van der Waals surface area contributed by atoms with Crippen LogP contribution in [0, 0.1) is 13.8 Å². The first kappa shape index (κ1) is 22.3. The number of benzene rings is 1. The van der Waals surface area contributed by atoms with Crippen LogP contribution in [0.5, 0.6) is 0 Å². The quantitative estimate of drug-likeness (QED) is 0.641. The van der Waals surface area contributed by atoms with E-state index >= 15 is 0 Å². The van der Waals surface area contributed by atoms with E-state index in [1.165, 1.54) is 7.11 Å². The molecule has 2 rings (SSSR count). The summed E-state index contributed by atoms with van der Waals surface area (Å²) in [6, 6.07) is 5.56. The van der Waals surface area contributed by atoms with Gasteiger partial charge in [0.2, 0.25) is 0 Å². The molecular formula is C20H24ClN3O3. The van der Waals surface area contributed by atoms with Crippen molar-refractivity contribution in [2.24, 2.45) is 17.8 Å². The molecule has 2 aromatic rings. The molecule has 0 fully saturated rings. The van der Waals surface area contributed by atoms with Gasteiger partial charge in [-0.05, 0) is 32.2 Å². The minimum absolute atomic E-state index is 0.0312. The second-order valence-electron chi connectivity index (χ2n) is 5.71. The molecule has 0 amide bonds. The Morgan fingerprint density at radius 2 is 2.04 bits per heavy atom. The molecule has 0 bridgehead atoms. The lowest BCUT2D eigenvalue weighted by atomic mass is 9.97. The fourth-order valence-electron chi connectivity index (χ4n) is 2.45. The molecule has 144 valence electrons. The van der Waals surface area contributed by atoms with E-state index < -0.39 is 0 Å². The smallest absolute Gasteiger partial charge is 0.319 e. The van der Waals surface area contributed by atoms with Gasteiger partial charge in [0.15, 0.2) is 0 Å². The van der Waals surface area contributed by atoms with Gasteiger partial charge in [-0.15, -0.1) is 0 Å². The van der Waals surface area contributed by atoms with Crippen LogP contribution in [-0.4, -0.2) is 30.9 Å². The van der Waals surface area contributed by atoms with E-state index in [9.17, 15) is 9.59 Å². The molecule has 1 heterocycles. The van der Waals surface area contributed by atoms with E-state index in [0.717, 1.165) is 16.8 Å². The molecule has 0 atom stereocenters. The van der Waals surface area contributed by atoms with Crippen LogP contribution in [0.1, 0.15) is 16.8 Å². The van der Waals surface area contributed by atoms with Gasteiger partial charge >= 0.3 is 5.97 Å². The van der Waals surface area contributed by atoms with Gasteiger partial charge in [0.25, 0.3) is 5.56 Å². The van der Waals surface area contributed by atoms with Crippen molar-refractivity contribution in [3.05, 3.63) is 57.0 Å². The number of halogens is 1. The van der Waals surface area contributed by atoms with Crippen LogP contribution in [-0.2, 0) is 16.6 Å². The van der Waals surface area contributed by atoms with Crippen LogP contribution in [0.3, 0.4) is 0 Å². The molecule has 0 saturated heterocycles. The number of pyridine rings is 1. The van der Waals surface area contributed by atoms with Gasteiger partial charge in [-0.3, -0.25) is 14.6 Å². The number of nitrogens with zero attached hydrogens (tertiary/aromatic N) is 2. The number of nitrogens with two attached hydrogens (primary N) is 1. The minimum atomic E-state index is -0.380. The summed E-state index contributed by atoms with van der Waals surface area (Å²) in [4.78, 5) is 26.5. The Kier molecular flexibility index (Phi) is 8.15. The topological polar surface area (TPSA) is 86.7 Å². The van der Waals surface area contributed by atoms with Gasteiger partial charge in [-0.2, -0.15) is 0 Å². The number of methoxy groups -OCH3 is 1. The van der Waals surface area contributed by atoms with Gasteiger partial charge < -0.3 is 15.0 Å². The van der Waals surface area contributed by atoms with Crippen molar-refractivity contribution in [3.8, 4) is 11.1 Å². The summed E-state index contributed by atoms with van der Waals surface area (Å²) in [6.07, 6.45) is 1.72. The number of aliphatic imine (C=N–C) groups is 1. The van der Waals surface area contributed by atoms with Crippen molar-refractivity contribution in [2.75, 3.05) is 13.7 Å². The predicted molar refractivity (Wildman–Crippen MR) is 112 cm³/mol. The molecule has 6 nitrogen and oxygen atoms in total. The van der Waals surface area contributed by atoms with Gasteiger partial charge in [-0.25, -0.2) is 0 Å². The van der Waals surface area contributed by atoms with Crippen LogP contribution in [0.15, 0.2) is 34.6 Å². The van der Waals surface area contributed by atoms with Crippen molar-refractivity contribution in [1.29, 1.82) is 0 Å². The third-order valence-electron chi connectivity index (χ3n) is 4.08. The molecule has 2 N–H and O–H groups in total. The zero-order valence-electron chi connectivity index (χ0n) is 16.0. The molecule has 0 aliphatic rings. The molecule has 0 spiro atoms. The molecule has 7 heteroatoms. The van der Waals surface area contributed by atoms with Crippen molar-refractivity contribution in [3.63, 3.8) is 0 Å². The van der Waals surface area contributed by atoms with Crippen LogP contribution >= 0.6 is 11.6 Å². The number of aromatic nitrogens is 1. The lowest BCUT2D eigenvalue weighted by Crippen LogP contribution is -2.21. The SMILES string of the molecule is C=Cc1c(C)ccc(-c2c(Cl)cc(C)n(C)c2=O)c1N=C.COC(=O)CN. The molecule has 0 unspecified atom stereocenters. The molecule has 0 aliphatic carbocycles. The maximum Gasteiger partial charge on any atom is 0.319 e. The highest BCUT2D eigenvalue weighted by Gasteiger charge is 2.17. The Labute approximate surface area is 163 Å². The summed E-state index contributed by atoms with van der Waals surface area (Å²) in [6.45, 7) is 11.2. The highest BCUT2D eigenvalue weighted by atomic mass is 35.5. The van der Waals surface area contributed by atoms with E-state index in [0.29, 0.717) is 21.8 Å². The Morgan fingerprint density at radius 3 is 2.48 bits per heavy atom. The summed E-state index contributed by atoms with van der Waals surface area (Å²) >= 11 is 6.30. The first-order valence-corrected chi connectivity index (χ1v) is 8.47. The van der Waals surface area contributed by atoms with E-state index in [-0.39, 0.29) is 18.1 Å². The fourth-order valence-corrected chi connectivity index (χ4v) is 2.79. The number of ether oxygens (including phenoxy) is 1. The standard InChI is InChI=1S/C17H17ClN2O.C3H7NO2/c1-6-12-10(2)7-8-13(16(12)19-4)15-14(18)9-11(3)20(5)17(15)21;1-6-3(5)2-4/h6-9H,1,4H2,2-3,5H3;2,4H2,1H3. The summed E-state index contributed by atoms with van der Waals surface area (Å²) in [5, 5.41) is 0.416. The van der Waals surface area contributed by atoms with Crippen molar-refractivity contribution >= 4 is 36.1 Å². The third kappa shape index (κ3) is 4.93. The average molecular weight is 390 g/mol. The molecule has 27 heavy (non-hydrogen) atoms. The molecule has 1 aromatic heterocycles. The van der Waals surface area contributed by atoms with Gasteiger partial charge in [0.1, 0.15) is 0 Å². The zero-order chi connectivity index (χ0) is 20.7. The van der Waals surface area contributed by atoms with Crippen LogP contribution in [0.2, 0.25) is 5.02 Å². The van der Waals surface area contributed by atoms with Crippen LogP contribution in [0.25, 0.3) is 17.2 Å². The van der Waals surface area contributed by atoms with E-state index in [1.807, 2.05) is 26.0 Å². The predicted octanol–water partition coefficient (Wildman–Crippen LogP) is 3.42. The highest BCUT2D eigenvalue weighted by Crippen LogP contribution is 2.37. The Bertz CT molecular complexity index is 927. The second-order valence-corrected chi connectivity index (χ2v) is 6.11. The van der Waals surface area contributed by atoms with Gasteiger partial charge in [0, 0.05) is 23.9 Å². The minimum Gasteiger partial charge on any atom is -0.468 e. The first-order chi connectivity index (χ1) is 12.7. The van der Waals surface area contributed by atoms with Crippen molar-refractivity contribution in [2.45, 2.75) is 13.8 Å². The van der Waals surface area contributed by atoms with Crippen molar-refractivity contribution in [1.82, 2.24) is 4.57 Å². The lowest BCUT2D eigenvalue weighted by molar-refractivity contribution is -0.138. The lowest BCUT2D eigenvalue weighted by Gasteiger charge is -2.14. The van der Waals surface area contributed by atoms with E-state index in [4.69, 9.17) is 17.3 Å². The Morgan fingerprint density at radius 1 is 1.41 bits per heavy atom. The summed E-state index contributed by atoms with van der Waals surface area (Å²) in [5.74, 6) is -0.380. The summed E-state index contributed by atoms with van der Waals surface area (Å²) < 4.78 is 5.71. The molecule has 0 radical (unpaired) electrons. The zero-order valence-corrected chi connectivity index (χ0v) is 16.8. The average Bonchev–Trinajstić information content (AvgIpc) is 2.66. The van der Waals surface area contributed by atoms with Gasteiger partial charge in [0.05, 0.1) is 29.9 Å². The summed E-state index contributed by atoms with van der Waals surface area (Å²) in [5.41, 5.74) is 9.10. The van der Waals surface area contributed by atoms with Crippen molar-refractivity contribution < 1.29 is 9.53 Å². The number of carbonyl (C=O) groups excluding carboxylic acids is 1. The first-order valence-electron chi connectivity index (χ1n) is 8.09. The maximum absolute atomic E-state index is 12.6. The largest absolute Gasteiger partial charge is 0.468 e. The van der Waals surface area contributed by atoms with Crippen LogP contribution < -0.4 is 11.3 Å². The molecule has 1 aromatic carbocycles. The maximum atomic E-state index is 12.6. The molecule has 0 aliphatic heterocycles.